The highest BCUT2D eigenvalue weighted by atomic mass is 15.2. The normalized spacial score (nSPS) is 30.0. The zero-order chi connectivity index (χ0) is 9.84. The van der Waals surface area contributed by atoms with Crippen LogP contribution in [-0.2, 0) is 0 Å². The van der Waals surface area contributed by atoms with Crippen LogP contribution < -0.4 is 0 Å². The maximum atomic E-state index is 2.58. The summed E-state index contributed by atoms with van der Waals surface area (Å²) in [7, 11) is 2.29. The van der Waals surface area contributed by atoms with E-state index in [-0.39, 0.29) is 0 Å². The van der Waals surface area contributed by atoms with Gasteiger partial charge < -0.3 is 4.90 Å². The molecular formula is C12H25N. The molecule has 1 rings (SSSR count). The molecule has 2 atom stereocenters. The van der Waals surface area contributed by atoms with Crippen molar-refractivity contribution in [1.82, 2.24) is 4.90 Å². The van der Waals surface area contributed by atoms with E-state index in [9.17, 15) is 0 Å². The van der Waals surface area contributed by atoms with Gasteiger partial charge in [-0.1, -0.05) is 26.2 Å². The van der Waals surface area contributed by atoms with Gasteiger partial charge in [0.05, 0.1) is 0 Å². The van der Waals surface area contributed by atoms with Crippen molar-refractivity contribution in [3.05, 3.63) is 0 Å². The summed E-state index contributed by atoms with van der Waals surface area (Å²) < 4.78 is 0. The van der Waals surface area contributed by atoms with Gasteiger partial charge in [0, 0.05) is 12.1 Å². The largest absolute Gasteiger partial charge is 0.301 e. The molecule has 0 aromatic heterocycles. The van der Waals surface area contributed by atoms with E-state index in [0.29, 0.717) is 6.04 Å². The van der Waals surface area contributed by atoms with Gasteiger partial charge >= 0.3 is 0 Å². The number of rotatable bonds is 3. The van der Waals surface area contributed by atoms with Gasteiger partial charge in [0.15, 0.2) is 0 Å². The zero-order valence-corrected chi connectivity index (χ0v) is 9.71. The van der Waals surface area contributed by atoms with Gasteiger partial charge in [0.2, 0.25) is 0 Å². The Morgan fingerprint density at radius 2 is 1.85 bits per heavy atom. The molecule has 2 unspecified atom stereocenters. The predicted octanol–water partition coefficient (Wildman–Crippen LogP) is 3.30. The second-order valence-electron chi connectivity index (χ2n) is 4.78. The summed E-state index contributed by atoms with van der Waals surface area (Å²) in [5.41, 5.74) is 0. The minimum absolute atomic E-state index is 0.706. The first-order valence-corrected chi connectivity index (χ1v) is 5.88. The number of hydrogen-bond donors (Lipinski definition) is 0. The Labute approximate surface area is 83.5 Å². The minimum atomic E-state index is 0.706. The van der Waals surface area contributed by atoms with Gasteiger partial charge in [0.1, 0.15) is 0 Å². The van der Waals surface area contributed by atoms with Crippen LogP contribution in [0.3, 0.4) is 0 Å². The molecule has 1 fully saturated rings. The van der Waals surface area contributed by atoms with Crippen molar-refractivity contribution < 1.29 is 0 Å². The highest BCUT2D eigenvalue weighted by Gasteiger charge is 2.27. The zero-order valence-electron chi connectivity index (χ0n) is 9.71. The molecular weight excluding hydrogens is 158 g/mol. The van der Waals surface area contributed by atoms with Gasteiger partial charge in [-0.15, -0.1) is 0 Å². The molecule has 0 aromatic carbocycles. The maximum Gasteiger partial charge on any atom is 0.0123 e. The molecule has 13 heavy (non-hydrogen) atoms. The summed E-state index contributed by atoms with van der Waals surface area (Å²) in [6, 6.07) is 1.57. The van der Waals surface area contributed by atoms with Crippen LogP contribution in [0.4, 0.5) is 0 Å². The average Bonchev–Trinajstić information content (AvgIpc) is 2.16. The van der Waals surface area contributed by atoms with Gasteiger partial charge in [-0.2, -0.15) is 0 Å². The van der Waals surface area contributed by atoms with E-state index < -0.39 is 0 Å². The van der Waals surface area contributed by atoms with Gasteiger partial charge in [-0.05, 0) is 39.7 Å². The minimum Gasteiger partial charge on any atom is -0.301 e. The first-order chi connectivity index (χ1) is 6.16. The molecule has 1 heteroatoms. The molecule has 0 amide bonds. The van der Waals surface area contributed by atoms with Gasteiger partial charge in [-0.25, -0.2) is 0 Å². The van der Waals surface area contributed by atoms with Crippen molar-refractivity contribution in [3.8, 4) is 0 Å². The van der Waals surface area contributed by atoms with E-state index in [1.54, 1.807) is 0 Å². The molecule has 0 aliphatic heterocycles. The Morgan fingerprint density at radius 1 is 1.23 bits per heavy atom. The standard InChI is InChI=1S/C12H25N/c1-5-11-8-6-7-9-12(11)13(4)10(2)3/h10-12H,5-9H2,1-4H3. The molecule has 1 saturated carbocycles. The van der Waals surface area contributed by atoms with Crippen LogP contribution in [-0.4, -0.2) is 24.0 Å². The average molecular weight is 183 g/mol. The van der Waals surface area contributed by atoms with Crippen LogP contribution in [0, 0.1) is 5.92 Å². The van der Waals surface area contributed by atoms with Crippen molar-refractivity contribution in [2.75, 3.05) is 7.05 Å². The van der Waals surface area contributed by atoms with Crippen LogP contribution in [0.2, 0.25) is 0 Å². The topological polar surface area (TPSA) is 3.24 Å². The van der Waals surface area contributed by atoms with Crippen LogP contribution in [0.15, 0.2) is 0 Å². The molecule has 0 spiro atoms. The first kappa shape index (κ1) is 11.0. The SMILES string of the molecule is CCC1CCCCC1N(C)C(C)C. The van der Waals surface area contributed by atoms with Gasteiger partial charge in [0.25, 0.3) is 0 Å². The molecule has 0 aromatic rings. The molecule has 1 nitrogen and oxygen atoms in total. The van der Waals surface area contributed by atoms with Crippen molar-refractivity contribution in [2.24, 2.45) is 5.92 Å². The third-order valence-electron chi connectivity index (χ3n) is 3.73. The molecule has 1 aliphatic carbocycles. The Hall–Kier alpha value is -0.0400. The van der Waals surface area contributed by atoms with E-state index in [1.165, 1.54) is 32.1 Å². The third kappa shape index (κ3) is 2.70. The van der Waals surface area contributed by atoms with E-state index in [1.807, 2.05) is 0 Å². The summed E-state index contributed by atoms with van der Waals surface area (Å²) in [6.45, 7) is 6.96. The predicted molar refractivity (Wildman–Crippen MR) is 58.9 cm³/mol. The Balaban J connectivity index is 2.53. The van der Waals surface area contributed by atoms with E-state index in [0.717, 1.165) is 12.0 Å². The lowest BCUT2D eigenvalue weighted by molar-refractivity contribution is 0.1000. The number of nitrogens with zero attached hydrogens (tertiary/aromatic N) is 1. The summed E-state index contributed by atoms with van der Waals surface area (Å²) in [6.07, 6.45) is 7.15. The molecule has 0 radical (unpaired) electrons. The molecule has 0 bridgehead atoms. The number of hydrogen-bond acceptors (Lipinski definition) is 1. The van der Waals surface area contributed by atoms with Crippen molar-refractivity contribution in [1.29, 1.82) is 0 Å². The lowest BCUT2D eigenvalue weighted by Crippen LogP contribution is -2.43. The smallest absolute Gasteiger partial charge is 0.0123 e. The Bertz CT molecular complexity index is 140. The molecule has 78 valence electrons. The lowest BCUT2D eigenvalue weighted by Gasteiger charge is -2.39. The fourth-order valence-electron chi connectivity index (χ4n) is 2.58. The summed E-state index contributed by atoms with van der Waals surface area (Å²) in [4.78, 5) is 2.58. The summed E-state index contributed by atoms with van der Waals surface area (Å²) in [5.74, 6) is 0.959. The second-order valence-corrected chi connectivity index (χ2v) is 4.78. The molecule has 0 N–H and O–H groups in total. The first-order valence-electron chi connectivity index (χ1n) is 5.88. The van der Waals surface area contributed by atoms with Crippen LogP contribution >= 0.6 is 0 Å². The fourth-order valence-corrected chi connectivity index (χ4v) is 2.58. The Morgan fingerprint density at radius 3 is 2.38 bits per heavy atom. The monoisotopic (exact) mass is 183 g/mol. The van der Waals surface area contributed by atoms with Gasteiger partial charge in [-0.3, -0.25) is 0 Å². The molecule has 0 saturated heterocycles. The second kappa shape index (κ2) is 4.99. The van der Waals surface area contributed by atoms with Crippen molar-refractivity contribution in [3.63, 3.8) is 0 Å². The van der Waals surface area contributed by atoms with E-state index >= 15 is 0 Å². The van der Waals surface area contributed by atoms with E-state index in [4.69, 9.17) is 0 Å². The van der Waals surface area contributed by atoms with Crippen LogP contribution in [0.5, 0.6) is 0 Å². The third-order valence-corrected chi connectivity index (χ3v) is 3.73. The molecule has 1 aliphatic rings. The van der Waals surface area contributed by atoms with Crippen molar-refractivity contribution >= 4 is 0 Å². The lowest BCUT2D eigenvalue weighted by atomic mass is 9.82. The maximum absolute atomic E-state index is 2.58. The quantitative estimate of drug-likeness (QED) is 0.649. The van der Waals surface area contributed by atoms with Crippen LogP contribution in [0.25, 0.3) is 0 Å². The molecule has 0 heterocycles. The fraction of sp³-hybridized carbons (Fsp3) is 1.00. The highest BCUT2D eigenvalue weighted by Crippen LogP contribution is 2.30. The van der Waals surface area contributed by atoms with Crippen molar-refractivity contribution in [2.45, 2.75) is 65.0 Å². The van der Waals surface area contributed by atoms with E-state index in [2.05, 4.69) is 32.7 Å². The highest BCUT2D eigenvalue weighted by molar-refractivity contribution is 4.82. The summed E-state index contributed by atoms with van der Waals surface area (Å²) >= 11 is 0. The Kier molecular flexibility index (Phi) is 4.24. The summed E-state index contributed by atoms with van der Waals surface area (Å²) in [5, 5.41) is 0. The van der Waals surface area contributed by atoms with Crippen LogP contribution in [0.1, 0.15) is 52.9 Å².